The van der Waals surface area contributed by atoms with Crippen molar-refractivity contribution in [2.75, 3.05) is 19.7 Å². The van der Waals surface area contributed by atoms with Crippen molar-refractivity contribution in [3.8, 4) is 0 Å². The van der Waals surface area contributed by atoms with Gasteiger partial charge in [0.1, 0.15) is 5.82 Å². The summed E-state index contributed by atoms with van der Waals surface area (Å²) in [5.74, 6) is -0.384. The van der Waals surface area contributed by atoms with Gasteiger partial charge in [-0.2, -0.15) is 0 Å². The molecule has 0 saturated carbocycles. The van der Waals surface area contributed by atoms with Crippen molar-refractivity contribution in [2.24, 2.45) is 0 Å². The molecule has 1 N–H and O–H groups in total. The smallest absolute Gasteiger partial charge is 0.307 e. The van der Waals surface area contributed by atoms with E-state index in [2.05, 4.69) is 5.32 Å². The number of carbonyl (C=O) groups is 1. The first-order valence-corrected chi connectivity index (χ1v) is 5.83. The lowest BCUT2D eigenvalue weighted by molar-refractivity contribution is -0.142. The molecule has 1 aromatic rings. The van der Waals surface area contributed by atoms with E-state index in [4.69, 9.17) is 4.74 Å². The third-order valence-corrected chi connectivity index (χ3v) is 2.34. The number of halogens is 1. The molecule has 0 aromatic heterocycles. The van der Waals surface area contributed by atoms with E-state index in [1.807, 2.05) is 6.07 Å². The minimum absolute atomic E-state index is 0.181. The number of benzene rings is 1. The first-order chi connectivity index (χ1) is 8.24. The minimum atomic E-state index is -0.203. The SMILES string of the molecule is CCOC(=O)CCNCCc1ccccc1F. The Morgan fingerprint density at radius 3 is 2.82 bits per heavy atom. The maximum atomic E-state index is 13.2. The summed E-state index contributed by atoms with van der Waals surface area (Å²) >= 11 is 0. The van der Waals surface area contributed by atoms with Crippen LogP contribution in [0.4, 0.5) is 4.39 Å². The fraction of sp³-hybridized carbons (Fsp3) is 0.462. The van der Waals surface area contributed by atoms with Crippen LogP contribution in [-0.4, -0.2) is 25.7 Å². The summed E-state index contributed by atoms with van der Waals surface area (Å²) in [7, 11) is 0. The molecule has 0 aliphatic carbocycles. The van der Waals surface area contributed by atoms with Gasteiger partial charge >= 0.3 is 5.97 Å². The molecule has 17 heavy (non-hydrogen) atoms. The molecule has 0 aliphatic rings. The van der Waals surface area contributed by atoms with Gasteiger partial charge in [-0.05, 0) is 31.5 Å². The second-order valence-electron chi connectivity index (χ2n) is 3.65. The van der Waals surface area contributed by atoms with Gasteiger partial charge in [0.15, 0.2) is 0 Å². The number of rotatable bonds is 7. The zero-order valence-electron chi connectivity index (χ0n) is 10.0. The summed E-state index contributed by atoms with van der Waals surface area (Å²) in [5.41, 5.74) is 0.691. The first-order valence-electron chi connectivity index (χ1n) is 5.83. The number of hydrogen-bond acceptors (Lipinski definition) is 3. The van der Waals surface area contributed by atoms with E-state index in [0.717, 1.165) is 0 Å². The fourth-order valence-electron chi connectivity index (χ4n) is 1.47. The largest absolute Gasteiger partial charge is 0.466 e. The molecular formula is C13H18FNO2. The summed E-state index contributed by atoms with van der Waals surface area (Å²) in [6.45, 7) is 3.41. The molecule has 0 aliphatic heterocycles. The second-order valence-corrected chi connectivity index (χ2v) is 3.65. The Kier molecular flexibility index (Phi) is 6.25. The molecule has 0 atom stereocenters. The van der Waals surface area contributed by atoms with Crippen LogP contribution in [0.2, 0.25) is 0 Å². The molecule has 94 valence electrons. The Morgan fingerprint density at radius 2 is 2.12 bits per heavy atom. The molecule has 0 fully saturated rings. The summed E-state index contributed by atoms with van der Waals surface area (Å²) in [6, 6.07) is 6.71. The van der Waals surface area contributed by atoms with Crippen molar-refractivity contribution in [1.29, 1.82) is 0 Å². The Labute approximate surface area is 101 Å². The average molecular weight is 239 g/mol. The fourth-order valence-corrected chi connectivity index (χ4v) is 1.47. The van der Waals surface area contributed by atoms with E-state index in [9.17, 15) is 9.18 Å². The minimum Gasteiger partial charge on any atom is -0.466 e. The molecule has 0 spiro atoms. The zero-order chi connectivity index (χ0) is 12.5. The van der Waals surface area contributed by atoms with Crippen LogP contribution >= 0.6 is 0 Å². The molecule has 0 amide bonds. The molecule has 0 radical (unpaired) electrons. The number of carbonyl (C=O) groups excluding carboxylic acids is 1. The highest BCUT2D eigenvalue weighted by Gasteiger charge is 2.02. The van der Waals surface area contributed by atoms with Gasteiger partial charge in [-0.1, -0.05) is 18.2 Å². The topological polar surface area (TPSA) is 38.3 Å². The van der Waals surface area contributed by atoms with E-state index in [1.54, 1.807) is 19.1 Å². The third-order valence-electron chi connectivity index (χ3n) is 2.34. The molecule has 1 aromatic carbocycles. The van der Waals surface area contributed by atoms with Crippen LogP contribution in [0.15, 0.2) is 24.3 Å². The molecule has 0 bridgehead atoms. The highest BCUT2D eigenvalue weighted by Crippen LogP contribution is 2.05. The molecular weight excluding hydrogens is 221 g/mol. The number of nitrogens with one attached hydrogen (secondary N) is 1. The molecule has 0 heterocycles. The Morgan fingerprint density at radius 1 is 1.35 bits per heavy atom. The standard InChI is InChI=1S/C13H18FNO2/c1-2-17-13(16)8-10-15-9-7-11-5-3-4-6-12(11)14/h3-6,15H,2,7-10H2,1H3. The maximum Gasteiger partial charge on any atom is 0.307 e. The van der Waals surface area contributed by atoms with E-state index in [-0.39, 0.29) is 11.8 Å². The lowest BCUT2D eigenvalue weighted by Gasteiger charge is -2.05. The molecule has 4 heteroatoms. The number of esters is 1. The predicted molar refractivity (Wildman–Crippen MR) is 64.2 cm³/mol. The highest BCUT2D eigenvalue weighted by molar-refractivity contribution is 5.69. The van der Waals surface area contributed by atoms with Crippen molar-refractivity contribution in [3.63, 3.8) is 0 Å². The van der Waals surface area contributed by atoms with Crippen LogP contribution < -0.4 is 5.32 Å². The molecule has 3 nitrogen and oxygen atoms in total. The molecule has 1 rings (SSSR count). The lowest BCUT2D eigenvalue weighted by Crippen LogP contribution is -2.22. The average Bonchev–Trinajstić information content (AvgIpc) is 2.31. The van der Waals surface area contributed by atoms with Crippen molar-refractivity contribution in [2.45, 2.75) is 19.8 Å². The van der Waals surface area contributed by atoms with Crippen LogP contribution in [0.5, 0.6) is 0 Å². The monoisotopic (exact) mass is 239 g/mol. The highest BCUT2D eigenvalue weighted by atomic mass is 19.1. The number of ether oxygens (including phenoxy) is 1. The predicted octanol–water partition coefficient (Wildman–Crippen LogP) is 1.91. The quantitative estimate of drug-likeness (QED) is 0.583. The van der Waals surface area contributed by atoms with Crippen LogP contribution in [0, 0.1) is 5.82 Å². The van der Waals surface area contributed by atoms with Gasteiger partial charge in [0, 0.05) is 6.54 Å². The summed E-state index contributed by atoms with van der Waals surface area (Å²) in [4.78, 5) is 11.0. The van der Waals surface area contributed by atoms with Gasteiger partial charge in [-0.25, -0.2) is 4.39 Å². The zero-order valence-corrected chi connectivity index (χ0v) is 10.0. The van der Waals surface area contributed by atoms with Crippen LogP contribution in [0.1, 0.15) is 18.9 Å². The lowest BCUT2D eigenvalue weighted by atomic mass is 10.1. The van der Waals surface area contributed by atoms with Gasteiger partial charge in [-0.3, -0.25) is 4.79 Å². The third kappa shape index (κ3) is 5.45. The van der Waals surface area contributed by atoms with Gasteiger partial charge in [-0.15, -0.1) is 0 Å². The Hall–Kier alpha value is -1.42. The van der Waals surface area contributed by atoms with Gasteiger partial charge in [0.05, 0.1) is 13.0 Å². The van der Waals surface area contributed by atoms with Gasteiger partial charge < -0.3 is 10.1 Å². The number of hydrogen-bond donors (Lipinski definition) is 1. The summed E-state index contributed by atoms with van der Waals surface area (Å²) < 4.78 is 18.0. The summed E-state index contributed by atoms with van der Waals surface area (Å²) in [6.07, 6.45) is 0.973. The van der Waals surface area contributed by atoms with Crippen molar-refractivity contribution in [3.05, 3.63) is 35.6 Å². The van der Waals surface area contributed by atoms with E-state index >= 15 is 0 Å². The Bertz CT molecular complexity index is 355. The van der Waals surface area contributed by atoms with E-state index in [0.29, 0.717) is 38.1 Å². The van der Waals surface area contributed by atoms with Crippen molar-refractivity contribution >= 4 is 5.97 Å². The van der Waals surface area contributed by atoms with Gasteiger partial charge in [0.25, 0.3) is 0 Å². The van der Waals surface area contributed by atoms with Gasteiger partial charge in [0.2, 0.25) is 0 Å². The van der Waals surface area contributed by atoms with Crippen LogP contribution in [0.25, 0.3) is 0 Å². The second kappa shape index (κ2) is 7.79. The van der Waals surface area contributed by atoms with Crippen molar-refractivity contribution in [1.82, 2.24) is 5.32 Å². The summed E-state index contributed by atoms with van der Waals surface area (Å²) in [5, 5.41) is 3.08. The van der Waals surface area contributed by atoms with Crippen molar-refractivity contribution < 1.29 is 13.9 Å². The van der Waals surface area contributed by atoms with Crippen LogP contribution in [-0.2, 0) is 16.0 Å². The molecule has 0 saturated heterocycles. The first kappa shape index (κ1) is 13.6. The normalized spacial score (nSPS) is 10.2. The molecule has 0 unspecified atom stereocenters. The Balaban J connectivity index is 2.13. The van der Waals surface area contributed by atoms with Crippen LogP contribution in [0.3, 0.4) is 0 Å². The van der Waals surface area contributed by atoms with E-state index in [1.165, 1.54) is 6.07 Å². The maximum absolute atomic E-state index is 13.2. The van der Waals surface area contributed by atoms with E-state index < -0.39 is 0 Å².